The van der Waals surface area contributed by atoms with Gasteiger partial charge in [0.05, 0.1) is 6.61 Å². The summed E-state index contributed by atoms with van der Waals surface area (Å²) in [7, 11) is 0. The Morgan fingerprint density at radius 3 is 2.25 bits per heavy atom. The Labute approximate surface area is 89.7 Å². The average molecular weight is 244 g/mol. The van der Waals surface area contributed by atoms with Crippen molar-refractivity contribution in [3.05, 3.63) is 12.2 Å². The van der Waals surface area contributed by atoms with Crippen LogP contribution >= 0.6 is 0 Å². The van der Waals surface area contributed by atoms with Gasteiger partial charge in [-0.1, -0.05) is 6.58 Å². The number of halogens is 4. The molecule has 0 aliphatic carbocycles. The largest absolute Gasteiger partial charge is 0.462 e. The summed E-state index contributed by atoms with van der Waals surface area (Å²) in [5.41, 5.74) is -3.75. The molecule has 16 heavy (non-hydrogen) atoms. The Bertz CT molecular complexity index is 274. The van der Waals surface area contributed by atoms with E-state index in [-0.39, 0.29) is 5.57 Å². The number of ether oxygens (including phenoxy) is 1. The second-order valence-electron chi connectivity index (χ2n) is 3.31. The van der Waals surface area contributed by atoms with Gasteiger partial charge in [-0.05, 0) is 6.92 Å². The lowest BCUT2D eigenvalue weighted by atomic mass is 10.0. The van der Waals surface area contributed by atoms with Crippen LogP contribution in [0.15, 0.2) is 12.2 Å². The van der Waals surface area contributed by atoms with Gasteiger partial charge in [0.15, 0.2) is 0 Å². The summed E-state index contributed by atoms with van der Waals surface area (Å²) >= 11 is 0. The highest BCUT2D eigenvalue weighted by atomic mass is 19.3. The van der Waals surface area contributed by atoms with E-state index in [1.807, 2.05) is 0 Å². The number of esters is 1. The second kappa shape index (κ2) is 5.29. The van der Waals surface area contributed by atoms with Crippen molar-refractivity contribution in [2.75, 3.05) is 13.3 Å². The summed E-state index contributed by atoms with van der Waals surface area (Å²) in [6.07, 6.45) is -5.97. The molecule has 94 valence electrons. The molecule has 1 atom stereocenters. The zero-order chi connectivity index (χ0) is 13.0. The molecule has 0 amide bonds. The minimum absolute atomic E-state index is 0.000431. The van der Waals surface area contributed by atoms with Gasteiger partial charge >= 0.3 is 12.1 Å². The summed E-state index contributed by atoms with van der Waals surface area (Å²) in [5, 5.41) is 8.10. The van der Waals surface area contributed by atoms with E-state index in [1.165, 1.54) is 6.92 Å². The van der Waals surface area contributed by atoms with E-state index < -0.39 is 37.4 Å². The fourth-order valence-corrected chi connectivity index (χ4v) is 0.726. The summed E-state index contributed by atoms with van der Waals surface area (Å²) in [6, 6.07) is 0. The molecule has 0 saturated heterocycles. The molecular formula is C9H12F4O3. The fraction of sp³-hybridized carbons (Fsp3) is 0.667. The molecule has 0 aromatic rings. The molecule has 0 aliphatic heterocycles. The van der Waals surface area contributed by atoms with Gasteiger partial charge < -0.3 is 9.84 Å². The van der Waals surface area contributed by atoms with Crippen LogP contribution in [0.4, 0.5) is 17.6 Å². The van der Waals surface area contributed by atoms with Crippen molar-refractivity contribution < 1.29 is 32.2 Å². The number of alkyl halides is 4. The van der Waals surface area contributed by atoms with Crippen molar-refractivity contribution in [2.24, 2.45) is 0 Å². The van der Waals surface area contributed by atoms with E-state index in [4.69, 9.17) is 5.11 Å². The Morgan fingerprint density at radius 1 is 1.44 bits per heavy atom. The minimum Gasteiger partial charge on any atom is -0.462 e. The lowest BCUT2D eigenvalue weighted by Gasteiger charge is -2.26. The van der Waals surface area contributed by atoms with Crippen molar-refractivity contribution in [3.8, 4) is 0 Å². The van der Waals surface area contributed by atoms with Crippen LogP contribution in [0.3, 0.4) is 0 Å². The first-order valence-corrected chi connectivity index (χ1v) is 4.32. The molecule has 0 radical (unpaired) electrons. The number of carbonyl (C=O) groups excluding carboxylic acids is 1. The molecule has 0 aromatic heterocycles. The average Bonchev–Trinajstić information content (AvgIpc) is 2.15. The molecule has 0 aromatic carbocycles. The van der Waals surface area contributed by atoms with Gasteiger partial charge in [-0.2, -0.15) is 8.78 Å². The van der Waals surface area contributed by atoms with Gasteiger partial charge in [-0.25, -0.2) is 13.6 Å². The third-order valence-electron chi connectivity index (χ3n) is 1.83. The van der Waals surface area contributed by atoms with Crippen LogP contribution in [0, 0.1) is 0 Å². The SMILES string of the molecule is C=C(C)C(=O)OCCC(F)(CF)C(O)(F)F. The van der Waals surface area contributed by atoms with E-state index in [0.717, 1.165) is 0 Å². The maximum atomic E-state index is 13.1. The van der Waals surface area contributed by atoms with E-state index >= 15 is 0 Å². The van der Waals surface area contributed by atoms with Crippen molar-refractivity contribution in [1.82, 2.24) is 0 Å². The van der Waals surface area contributed by atoms with E-state index in [2.05, 4.69) is 11.3 Å². The predicted molar refractivity (Wildman–Crippen MR) is 47.4 cm³/mol. The third-order valence-corrected chi connectivity index (χ3v) is 1.83. The summed E-state index contributed by atoms with van der Waals surface area (Å²) in [5.74, 6) is -0.900. The Kier molecular flexibility index (Phi) is 4.92. The van der Waals surface area contributed by atoms with Gasteiger partial charge in [0.25, 0.3) is 0 Å². The van der Waals surface area contributed by atoms with Gasteiger partial charge in [-0.3, -0.25) is 0 Å². The molecule has 0 bridgehead atoms. The quantitative estimate of drug-likeness (QED) is 0.440. The molecule has 1 unspecified atom stereocenters. The molecule has 0 heterocycles. The number of aliphatic hydroxyl groups is 1. The Hall–Kier alpha value is -1.11. The van der Waals surface area contributed by atoms with Gasteiger partial charge in [-0.15, -0.1) is 0 Å². The van der Waals surface area contributed by atoms with Crippen molar-refractivity contribution in [2.45, 2.75) is 25.1 Å². The molecule has 1 N–H and O–H groups in total. The topological polar surface area (TPSA) is 46.5 Å². The third kappa shape index (κ3) is 3.80. The van der Waals surface area contributed by atoms with Crippen LogP contribution in [-0.2, 0) is 9.53 Å². The molecule has 0 rings (SSSR count). The molecule has 0 aliphatic rings. The normalized spacial score (nSPS) is 15.4. The predicted octanol–water partition coefficient (Wildman–Crippen LogP) is 1.76. The molecule has 0 fully saturated rings. The van der Waals surface area contributed by atoms with Crippen LogP contribution in [0.5, 0.6) is 0 Å². The molecule has 3 nitrogen and oxygen atoms in total. The number of carbonyl (C=O) groups is 1. The standard InChI is InChI=1S/C9H12F4O3/c1-6(2)7(14)16-4-3-8(11,5-10)9(12,13)15/h15H,1,3-5H2,2H3. The molecular weight excluding hydrogens is 232 g/mol. The highest BCUT2D eigenvalue weighted by molar-refractivity contribution is 5.86. The second-order valence-corrected chi connectivity index (χ2v) is 3.31. The monoisotopic (exact) mass is 244 g/mol. The smallest absolute Gasteiger partial charge is 0.390 e. The summed E-state index contributed by atoms with van der Waals surface area (Å²) < 4.78 is 53.9. The van der Waals surface area contributed by atoms with Crippen molar-refractivity contribution in [3.63, 3.8) is 0 Å². The summed E-state index contributed by atoms with van der Waals surface area (Å²) in [4.78, 5) is 10.8. The highest BCUT2D eigenvalue weighted by Gasteiger charge is 2.54. The maximum absolute atomic E-state index is 13.1. The van der Waals surface area contributed by atoms with E-state index in [0.29, 0.717) is 0 Å². The van der Waals surface area contributed by atoms with Crippen LogP contribution in [0.25, 0.3) is 0 Å². The zero-order valence-corrected chi connectivity index (χ0v) is 8.60. The Balaban J connectivity index is 4.27. The minimum atomic E-state index is -4.82. The highest BCUT2D eigenvalue weighted by Crippen LogP contribution is 2.33. The summed E-state index contributed by atoms with van der Waals surface area (Å²) in [6.45, 7) is 1.65. The van der Waals surface area contributed by atoms with Crippen LogP contribution in [0.2, 0.25) is 0 Å². The number of hydrogen-bond acceptors (Lipinski definition) is 3. The first-order chi connectivity index (χ1) is 7.14. The lowest BCUT2D eigenvalue weighted by molar-refractivity contribution is -0.289. The number of rotatable bonds is 6. The van der Waals surface area contributed by atoms with Gasteiger partial charge in [0, 0.05) is 12.0 Å². The van der Waals surface area contributed by atoms with Crippen molar-refractivity contribution in [1.29, 1.82) is 0 Å². The van der Waals surface area contributed by atoms with Gasteiger partial charge in [0.1, 0.15) is 6.67 Å². The molecule has 0 saturated carbocycles. The lowest BCUT2D eigenvalue weighted by Crippen LogP contribution is -2.47. The Morgan fingerprint density at radius 2 is 1.94 bits per heavy atom. The fourth-order valence-electron chi connectivity index (χ4n) is 0.726. The zero-order valence-electron chi connectivity index (χ0n) is 8.60. The van der Waals surface area contributed by atoms with Crippen LogP contribution in [-0.4, -0.2) is 36.1 Å². The van der Waals surface area contributed by atoms with E-state index in [9.17, 15) is 22.4 Å². The molecule has 0 spiro atoms. The molecule has 7 heteroatoms. The first kappa shape index (κ1) is 14.9. The number of hydrogen-bond donors (Lipinski definition) is 1. The van der Waals surface area contributed by atoms with Gasteiger partial charge in [0.2, 0.25) is 5.67 Å². The van der Waals surface area contributed by atoms with Crippen LogP contribution in [0.1, 0.15) is 13.3 Å². The van der Waals surface area contributed by atoms with Crippen LogP contribution < -0.4 is 0 Å². The van der Waals surface area contributed by atoms with Crippen molar-refractivity contribution >= 4 is 5.97 Å². The first-order valence-electron chi connectivity index (χ1n) is 4.32. The van der Waals surface area contributed by atoms with E-state index in [1.54, 1.807) is 0 Å². The maximum Gasteiger partial charge on any atom is 0.390 e.